The zero-order valence-corrected chi connectivity index (χ0v) is 13.7. The van der Waals surface area contributed by atoms with E-state index in [0.717, 1.165) is 29.8 Å². The first-order valence-corrected chi connectivity index (χ1v) is 8.21. The summed E-state index contributed by atoms with van der Waals surface area (Å²) in [5, 5.41) is 5.98. The molecule has 1 fully saturated rings. The first kappa shape index (κ1) is 14.4. The van der Waals surface area contributed by atoms with Gasteiger partial charge in [-0.3, -0.25) is 9.59 Å². The zero-order chi connectivity index (χ0) is 16.3. The van der Waals surface area contributed by atoms with Gasteiger partial charge in [-0.2, -0.15) is 5.10 Å². The van der Waals surface area contributed by atoms with Crippen molar-refractivity contribution < 1.29 is 9.59 Å². The first-order valence-electron chi connectivity index (χ1n) is 8.21. The summed E-state index contributed by atoms with van der Waals surface area (Å²) in [6.07, 6.45) is 2.40. The Morgan fingerprint density at radius 3 is 2.70 bits per heavy atom. The molecule has 1 aliphatic carbocycles. The second kappa shape index (κ2) is 4.91. The number of hydrogen-bond acceptors (Lipinski definition) is 3. The molecule has 1 aromatic rings. The quantitative estimate of drug-likeness (QED) is 0.797. The Labute approximate surface area is 136 Å². The van der Waals surface area contributed by atoms with Crippen LogP contribution in [0.1, 0.15) is 30.9 Å². The van der Waals surface area contributed by atoms with Crippen LogP contribution in [0.3, 0.4) is 0 Å². The predicted octanol–water partition coefficient (Wildman–Crippen LogP) is 2.04. The summed E-state index contributed by atoms with van der Waals surface area (Å²) in [4.78, 5) is 25.9. The van der Waals surface area contributed by atoms with E-state index < -0.39 is 0 Å². The highest BCUT2D eigenvalue weighted by Gasteiger charge is 2.51. The number of carbonyl (C=O) groups excluding carboxylic acids is 2. The van der Waals surface area contributed by atoms with Crippen molar-refractivity contribution >= 4 is 23.2 Å². The molecule has 23 heavy (non-hydrogen) atoms. The topological polar surface area (TPSA) is 53.0 Å². The lowest BCUT2D eigenvalue weighted by atomic mass is 9.95. The second-order valence-corrected chi connectivity index (χ2v) is 7.11. The van der Waals surface area contributed by atoms with Crippen molar-refractivity contribution in [1.29, 1.82) is 0 Å². The summed E-state index contributed by atoms with van der Waals surface area (Å²) in [5.74, 6) is 1.04. The third kappa shape index (κ3) is 2.26. The van der Waals surface area contributed by atoms with Crippen LogP contribution in [0.25, 0.3) is 0 Å². The van der Waals surface area contributed by atoms with E-state index in [9.17, 15) is 9.59 Å². The molecular weight excluding hydrogens is 290 g/mol. The fraction of sp³-hybridized carbons (Fsp3) is 0.500. The van der Waals surface area contributed by atoms with Gasteiger partial charge in [0.2, 0.25) is 11.8 Å². The highest BCUT2D eigenvalue weighted by Crippen LogP contribution is 2.45. The van der Waals surface area contributed by atoms with Gasteiger partial charge in [0.05, 0.1) is 5.71 Å². The maximum atomic E-state index is 12.2. The van der Waals surface area contributed by atoms with Crippen molar-refractivity contribution in [2.75, 3.05) is 19.0 Å². The number of nitrogens with zero attached hydrogens (tertiary/aromatic N) is 3. The van der Waals surface area contributed by atoms with E-state index in [2.05, 4.69) is 18.1 Å². The van der Waals surface area contributed by atoms with Gasteiger partial charge in [0.1, 0.15) is 0 Å². The van der Waals surface area contributed by atoms with Crippen LogP contribution in [0, 0.1) is 17.8 Å². The molecule has 5 heteroatoms. The molecular formula is C18H21N3O2. The molecule has 2 aliphatic heterocycles. The highest BCUT2D eigenvalue weighted by molar-refractivity contribution is 6.10. The summed E-state index contributed by atoms with van der Waals surface area (Å²) in [6.45, 7) is 2.12. The van der Waals surface area contributed by atoms with E-state index in [1.807, 2.05) is 19.2 Å². The van der Waals surface area contributed by atoms with Crippen molar-refractivity contribution in [1.82, 2.24) is 5.01 Å². The van der Waals surface area contributed by atoms with Gasteiger partial charge in [-0.25, -0.2) is 5.01 Å². The van der Waals surface area contributed by atoms with Crippen LogP contribution in [0.4, 0.5) is 5.69 Å². The monoisotopic (exact) mass is 311 g/mol. The lowest BCUT2D eigenvalue weighted by Crippen LogP contribution is -2.31. The standard InChI is InChI=1S/C18H21N3O2/c1-10-6-12-8-11(4-5-15(12)20(2)16(22)7-10)17-13-9-14(13)18(23)21(3)19-17/h4-5,8,10,13-14H,6-7,9H2,1-3H3. The number of hydrogen-bond donors (Lipinski definition) is 0. The van der Waals surface area contributed by atoms with Gasteiger partial charge < -0.3 is 4.90 Å². The van der Waals surface area contributed by atoms with Gasteiger partial charge in [-0.15, -0.1) is 0 Å². The van der Waals surface area contributed by atoms with Crippen LogP contribution in [0.2, 0.25) is 0 Å². The highest BCUT2D eigenvalue weighted by atomic mass is 16.2. The molecule has 3 atom stereocenters. The lowest BCUT2D eigenvalue weighted by molar-refractivity contribution is -0.131. The molecule has 0 radical (unpaired) electrons. The molecule has 0 bridgehead atoms. The number of amides is 2. The molecule has 2 heterocycles. The largest absolute Gasteiger partial charge is 0.315 e. The summed E-state index contributed by atoms with van der Waals surface area (Å²) in [5.41, 5.74) is 4.30. The van der Waals surface area contributed by atoms with E-state index in [-0.39, 0.29) is 23.7 Å². The molecule has 0 aromatic heterocycles. The van der Waals surface area contributed by atoms with E-state index in [0.29, 0.717) is 12.3 Å². The van der Waals surface area contributed by atoms with Crippen molar-refractivity contribution in [3.63, 3.8) is 0 Å². The second-order valence-electron chi connectivity index (χ2n) is 7.11. The number of hydrazone groups is 1. The Balaban J connectivity index is 1.74. The Hall–Kier alpha value is -2.17. The summed E-state index contributed by atoms with van der Waals surface area (Å²) >= 11 is 0. The van der Waals surface area contributed by atoms with E-state index in [1.54, 1.807) is 11.9 Å². The average molecular weight is 311 g/mol. The summed E-state index contributed by atoms with van der Waals surface area (Å²) < 4.78 is 0. The minimum Gasteiger partial charge on any atom is -0.315 e. The lowest BCUT2D eigenvalue weighted by Gasteiger charge is -2.21. The SMILES string of the molecule is CC1CC(=O)N(C)c2ccc(C3=NN(C)C(=O)C4CC34)cc2C1. The number of benzene rings is 1. The maximum Gasteiger partial charge on any atom is 0.246 e. The van der Waals surface area contributed by atoms with E-state index in [1.165, 1.54) is 10.6 Å². The van der Waals surface area contributed by atoms with E-state index in [4.69, 9.17) is 0 Å². The molecule has 0 saturated heterocycles. The molecule has 1 aromatic carbocycles. The summed E-state index contributed by atoms with van der Waals surface area (Å²) in [7, 11) is 3.58. The molecule has 5 nitrogen and oxygen atoms in total. The van der Waals surface area contributed by atoms with Gasteiger partial charge in [0.15, 0.2) is 0 Å². The summed E-state index contributed by atoms with van der Waals surface area (Å²) in [6, 6.07) is 6.23. The van der Waals surface area contributed by atoms with Gasteiger partial charge in [0.25, 0.3) is 0 Å². The first-order chi connectivity index (χ1) is 11.0. The van der Waals surface area contributed by atoms with Crippen LogP contribution in [-0.2, 0) is 16.0 Å². The number of carbonyl (C=O) groups is 2. The van der Waals surface area contributed by atoms with Crippen LogP contribution in [0.15, 0.2) is 23.3 Å². The van der Waals surface area contributed by atoms with Gasteiger partial charge in [0, 0.05) is 38.0 Å². The molecule has 4 rings (SSSR count). The van der Waals surface area contributed by atoms with Gasteiger partial charge in [-0.05, 0) is 42.0 Å². The zero-order valence-electron chi connectivity index (χ0n) is 13.7. The van der Waals surface area contributed by atoms with Crippen molar-refractivity contribution in [2.45, 2.75) is 26.2 Å². The predicted molar refractivity (Wildman–Crippen MR) is 88.2 cm³/mol. The molecule has 1 saturated carbocycles. The molecule has 0 N–H and O–H groups in total. The number of fused-ring (bicyclic) bond motifs is 2. The third-order valence-electron chi connectivity index (χ3n) is 5.24. The third-order valence-corrected chi connectivity index (χ3v) is 5.24. The number of anilines is 1. The van der Waals surface area contributed by atoms with E-state index >= 15 is 0 Å². The van der Waals surface area contributed by atoms with Crippen molar-refractivity contribution in [3.8, 4) is 0 Å². The van der Waals surface area contributed by atoms with Crippen molar-refractivity contribution in [2.24, 2.45) is 22.9 Å². The minimum atomic E-state index is 0.120. The Bertz CT molecular complexity index is 740. The maximum absolute atomic E-state index is 12.2. The minimum absolute atomic E-state index is 0.120. The fourth-order valence-corrected chi connectivity index (χ4v) is 3.82. The van der Waals surface area contributed by atoms with Gasteiger partial charge in [-0.1, -0.05) is 13.0 Å². The molecule has 0 spiro atoms. The molecule has 3 aliphatic rings. The smallest absolute Gasteiger partial charge is 0.246 e. The molecule has 3 unspecified atom stereocenters. The van der Waals surface area contributed by atoms with Crippen LogP contribution in [-0.4, -0.2) is 36.6 Å². The Morgan fingerprint density at radius 1 is 1.13 bits per heavy atom. The van der Waals surface area contributed by atoms with Crippen molar-refractivity contribution in [3.05, 3.63) is 29.3 Å². The number of rotatable bonds is 1. The Kier molecular flexibility index (Phi) is 3.08. The Morgan fingerprint density at radius 2 is 1.91 bits per heavy atom. The fourth-order valence-electron chi connectivity index (χ4n) is 3.82. The average Bonchev–Trinajstić information content (AvgIpc) is 3.31. The van der Waals surface area contributed by atoms with Crippen LogP contribution < -0.4 is 4.90 Å². The normalized spacial score (nSPS) is 29.7. The molecule has 120 valence electrons. The van der Waals surface area contributed by atoms with Gasteiger partial charge >= 0.3 is 0 Å². The molecule has 2 amide bonds. The van der Waals surface area contributed by atoms with Crippen LogP contribution in [0.5, 0.6) is 0 Å². The van der Waals surface area contributed by atoms with Crippen LogP contribution >= 0.6 is 0 Å².